The lowest BCUT2D eigenvalue weighted by atomic mass is 10.1. The van der Waals surface area contributed by atoms with E-state index < -0.39 is 46.8 Å². The molecule has 0 saturated carbocycles. The largest absolute Gasteiger partial charge is 0.474 e. The minimum absolute atomic E-state index is 0.178. The summed E-state index contributed by atoms with van der Waals surface area (Å²) in [5.74, 6) is -5.68. The second-order valence-corrected chi connectivity index (χ2v) is 6.63. The normalized spacial score (nSPS) is 12.1. The van der Waals surface area contributed by atoms with Crippen molar-refractivity contribution in [2.45, 2.75) is 25.7 Å². The van der Waals surface area contributed by atoms with Crippen LogP contribution in [0.5, 0.6) is 11.5 Å². The van der Waals surface area contributed by atoms with E-state index in [0.717, 1.165) is 5.56 Å². The summed E-state index contributed by atoms with van der Waals surface area (Å²) < 4.78 is 86.9. The number of aromatic amines is 1. The van der Waals surface area contributed by atoms with Gasteiger partial charge in [0.05, 0.1) is 0 Å². The van der Waals surface area contributed by atoms with Crippen LogP contribution in [-0.4, -0.2) is 22.0 Å². The molecule has 0 atom stereocenters. The van der Waals surface area contributed by atoms with E-state index in [-0.39, 0.29) is 17.9 Å². The van der Waals surface area contributed by atoms with Gasteiger partial charge in [-0.3, -0.25) is 4.79 Å². The van der Waals surface area contributed by atoms with Gasteiger partial charge in [-0.1, -0.05) is 6.92 Å². The number of halogens is 6. The van der Waals surface area contributed by atoms with Gasteiger partial charge in [0.15, 0.2) is 5.75 Å². The summed E-state index contributed by atoms with van der Waals surface area (Å²) in [7, 11) is 0. The van der Waals surface area contributed by atoms with Crippen molar-refractivity contribution in [3.05, 3.63) is 53.2 Å². The zero-order valence-electron chi connectivity index (χ0n) is 16.1. The van der Waals surface area contributed by atoms with Crippen molar-refractivity contribution in [2.24, 2.45) is 0 Å². The highest BCUT2D eigenvalue weighted by Crippen LogP contribution is 2.47. The first-order chi connectivity index (χ1) is 14.8. The number of aryl methyl sites for hydroxylation is 1. The Morgan fingerprint density at radius 1 is 1.03 bits per heavy atom. The quantitative estimate of drug-likeness (QED) is 0.350. The Bertz CT molecular complexity index is 1160. The highest BCUT2D eigenvalue weighted by atomic mass is 19.4. The van der Waals surface area contributed by atoms with Gasteiger partial charge in [-0.05, 0) is 42.3 Å². The summed E-state index contributed by atoms with van der Waals surface area (Å²) in [6.45, 7) is 1.82. The molecule has 0 aliphatic heterocycles. The molecule has 2 aromatic carbocycles. The van der Waals surface area contributed by atoms with E-state index >= 15 is 0 Å². The summed E-state index contributed by atoms with van der Waals surface area (Å²) in [5.41, 5.74) is -3.27. The van der Waals surface area contributed by atoms with Crippen LogP contribution in [-0.2, 0) is 28.4 Å². The number of hydrogen-bond donors (Lipinski definition) is 3. The van der Waals surface area contributed by atoms with Crippen molar-refractivity contribution in [2.75, 3.05) is 5.32 Å². The molecule has 1 heterocycles. The number of benzene rings is 2. The fourth-order valence-corrected chi connectivity index (χ4v) is 3.05. The molecule has 0 spiro atoms. The van der Waals surface area contributed by atoms with Gasteiger partial charge in [-0.2, -0.15) is 26.3 Å². The summed E-state index contributed by atoms with van der Waals surface area (Å²) in [6.07, 6.45) is -8.40. The molecule has 0 aliphatic rings. The predicted molar refractivity (Wildman–Crippen MR) is 100 cm³/mol. The second-order valence-electron chi connectivity index (χ2n) is 6.63. The van der Waals surface area contributed by atoms with Crippen LogP contribution in [0.25, 0.3) is 10.9 Å². The van der Waals surface area contributed by atoms with Gasteiger partial charge in [0, 0.05) is 22.8 Å². The number of aliphatic carboxylic acids is 1. The smallest absolute Gasteiger partial charge is 0.420 e. The minimum atomic E-state index is -5.31. The number of anilines is 1. The van der Waals surface area contributed by atoms with Crippen molar-refractivity contribution < 1.29 is 45.8 Å². The van der Waals surface area contributed by atoms with E-state index in [1.807, 2.05) is 6.92 Å². The zero-order valence-corrected chi connectivity index (χ0v) is 16.1. The molecule has 3 rings (SSSR count). The molecule has 0 aliphatic carbocycles. The van der Waals surface area contributed by atoms with Crippen LogP contribution in [0.4, 0.5) is 32.0 Å². The van der Waals surface area contributed by atoms with Gasteiger partial charge < -0.3 is 20.1 Å². The third-order valence-corrected chi connectivity index (χ3v) is 4.49. The monoisotopic (exact) mass is 460 g/mol. The number of amides is 1. The summed E-state index contributed by atoms with van der Waals surface area (Å²) >= 11 is 0. The number of alkyl halides is 6. The summed E-state index contributed by atoms with van der Waals surface area (Å²) in [5, 5.41) is 10.6. The molecule has 0 saturated heterocycles. The molecule has 3 N–H and O–H groups in total. The predicted octanol–water partition coefficient (Wildman–Crippen LogP) is 5.58. The SMILES string of the molecule is CCc1c[nH]c2ccc(Oc3c(C(F)(F)F)cc(NC(=O)C(=O)O)cc3C(F)(F)F)cc12. The van der Waals surface area contributed by atoms with Gasteiger partial charge in [0.2, 0.25) is 0 Å². The number of rotatable bonds is 4. The van der Waals surface area contributed by atoms with Crippen molar-refractivity contribution >= 4 is 28.5 Å². The van der Waals surface area contributed by atoms with Crippen LogP contribution in [0.3, 0.4) is 0 Å². The Morgan fingerprint density at radius 3 is 2.12 bits per heavy atom. The van der Waals surface area contributed by atoms with Gasteiger partial charge in [-0.25, -0.2) is 4.79 Å². The molecule has 12 heteroatoms. The molecule has 1 amide bonds. The number of aromatic nitrogens is 1. The summed E-state index contributed by atoms with van der Waals surface area (Å²) in [4.78, 5) is 24.8. The summed E-state index contributed by atoms with van der Waals surface area (Å²) in [6, 6.07) is 4.32. The van der Waals surface area contributed by atoms with E-state index in [0.29, 0.717) is 17.3 Å². The molecule has 0 radical (unpaired) electrons. The fraction of sp³-hybridized carbons (Fsp3) is 0.200. The lowest BCUT2D eigenvalue weighted by Crippen LogP contribution is -2.23. The lowest BCUT2D eigenvalue weighted by Gasteiger charge is -2.20. The van der Waals surface area contributed by atoms with Crippen LogP contribution in [0.15, 0.2) is 36.5 Å². The maximum Gasteiger partial charge on any atom is 0.420 e. The number of ether oxygens (including phenoxy) is 1. The number of fused-ring (bicyclic) bond motifs is 1. The Morgan fingerprint density at radius 2 is 1.62 bits per heavy atom. The Balaban J connectivity index is 2.18. The molecule has 3 aromatic rings. The highest BCUT2D eigenvalue weighted by Gasteiger charge is 2.43. The molecule has 170 valence electrons. The topological polar surface area (TPSA) is 91.4 Å². The fourth-order valence-electron chi connectivity index (χ4n) is 3.05. The van der Waals surface area contributed by atoms with Gasteiger partial charge >= 0.3 is 24.2 Å². The first kappa shape index (κ1) is 23.0. The van der Waals surface area contributed by atoms with Crippen LogP contribution in [0, 0.1) is 0 Å². The van der Waals surface area contributed by atoms with Crippen LogP contribution >= 0.6 is 0 Å². The molecular weight excluding hydrogens is 446 g/mol. The highest BCUT2D eigenvalue weighted by molar-refractivity contribution is 6.36. The third-order valence-electron chi connectivity index (χ3n) is 4.49. The van der Waals surface area contributed by atoms with Crippen molar-refractivity contribution in [1.29, 1.82) is 0 Å². The van der Waals surface area contributed by atoms with Gasteiger partial charge in [0.25, 0.3) is 0 Å². The maximum absolute atomic E-state index is 13.6. The molecule has 1 aromatic heterocycles. The number of nitrogens with one attached hydrogen (secondary N) is 2. The number of carbonyl (C=O) groups is 2. The van der Waals surface area contributed by atoms with E-state index in [2.05, 4.69) is 4.98 Å². The van der Waals surface area contributed by atoms with E-state index in [4.69, 9.17) is 9.84 Å². The standard InChI is InChI=1S/C20H14F6N2O4/c1-2-9-8-27-15-4-3-11(7-12(9)15)32-16-13(19(21,22)23)5-10(28-17(29)18(30)31)6-14(16)20(24,25)26/h3-8,27H,2H2,1H3,(H,28,29)(H,30,31). The number of H-pyrrole nitrogens is 1. The first-order valence-electron chi connectivity index (χ1n) is 8.95. The number of hydrogen-bond acceptors (Lipinski definition) is 3. The lowest BCUT2D eigenvalue weighted by molar-refractivity contribution is -0.147. The zero-order chi connectivity index (χ0) is 23.8. The van der Waals surface area contributed by atoms with Crippen molar-refractivity contribution in [1.82, 2.24) is 4.98 Å². The Hall–Kier alpha value is -3.70. The van der Waals surface area contributed by atoms with Crippen LogP contribution in [0.1, 0.15) is 23.6 Å². The molecule has 0 unspecified atom stereocenters. The minimum Gasteiger partial charge on any atom is -0.474 e. The van der Waals surface area contributed by atoms with Crippen molar-refractivity contribution in [3.8, 4) is 11.5 Å². The third kappa shape index (κ3) is 4.63. The van der Waals surface area contributed by atoms with Gasteiger partial charge in [-0.15, -0.1) is 0 Å². The first-order valence-corrected chi connectivity index (χ1v) is 8.95. The molecule has 6 nitrogen and oxygen atoms in total. The average Bonchev–Trinajstić information content (AvgIpc) is 3.09. The van der Waals surface area contributed by atoms with E-state index in [9.17, 15) is 35.9 Å². The molecule has 32 heavy (non-hydrogen) atoms. The van der Waals surface area contributed by atoms with E-state index in [1.165, 1.54) is 23.5 Å². The molecule has 0 fully saturated rings. The second kappa shape index (κ2) is 8.09. The van der Waals surface area contributed by atoms with Gasteiger partial charge in [0.1, 0.15) is 16.9 Å². The van der Waals surface area contributed by atoms with Crippen LogP contribution in [0.2, 0.25) is 0 Å². The van der Waals surface area contributed by atoms with E-state index in [1.54, 1.807) is 6.20 Å². The Labute approximate surface area is 175 Å². The number of carbonyl (C=O) groups excluding carboxylic acids is 1. The maximum atomic E-state index is 13.6. The van der Waals surface area contributed by atoms with Crippen LogP contribution < -0.4 is 10.1 Å². The number of carboxylic acids is 1. The number of carboxylic acid groups (broad SMARTS) is 1. The molecule has 0 bridgehead atoms. The van der Waals surface area contributed by atoms with Crippen molar-refractivity contribution in [3.63, 3.8) is 0 Å². The average molecular weight is 460 g/mol. The molecular formula is C20H14F6N2O4. The Kier molecular flexibility index (Phi) is 5.81.